The largest absolute Gasteiger partial charge is 0.497 e. The van der Waals surface area contributed by atoms with Gasteiger partial charge in [-0.1, -0.05) is 12.1 Å². The van der Waals surface area contributed by atoms with Gasteiger partial charge in [0.05, 0.1) is 13.2 Å². The van der Waals surface area contributed by atoms with Crippen LogP contribution in [-0.4, -0.2) is 60.3 Å². The number of piperazine rings is 1. The summed E-state index contributed by atoms with van der Waals surface area (Å²) in [5, 5.41) is 10.6. The van der Waals surface area contributed by atoms with Crippen LogP contribution in [0, 0.1) is 0 Å². The molecule has 0 bridgehead atoms. The number of likely N-dealkylation sites (N-methyl/N-ethyl adjacent to an activating group) is 1. The van der Waals surface area contributed by atoms with Crippen molar-refractivity contribution < 1.29 is 9.84 Å². The summed E-state index contributed by atoms with van der Waals surface area (Å²) >= 11 is 0. The molecule has 21 heavy (non-hydrogen) atoms. The molecular weight excluding hydrogens is 264 g/mol. The van der Waals surface area contributed by atoms with Gasteiger partial charge in [0.2, 0.25) is 0 Å². The van der Waals surface area contributed by atoms with Crippen molar-refractivity contribution in [3.63, 3.8) is 0 Å². The number of hydrogen-bond donors (Lipinski definition) is 1. The highest BCUT2D eigenvalue weighted by molar-refractivity contribution is 5.29. The summed E-state index contributed by atoms with van der Waals surface area (Å²) in [4.78, 5) is 4.77. The molecule has 1 fully saturated rings. The summed E-state index contributed by atoms with van der Waals surface area (Å²) in [5.41, 5.74) is 1.09. The molecule has 1 heterocycles. The maximum Gasteiger partial charge on any atom is 0.118 e. The highest BCUT2D eigenvalue weighted by Crippen LogP contribution is 2.27. The second-order valence-corrected chi connectivity index (χ2v) is 6.66. The molecule has 0 saturated carbocycles. The first-order valence-electron chi connectivity index (χ1n) is 7.62. The van der Waals surface area contributed by atoms with Gasteiger partial charge in [0.1, 0.15) is 5.75 Å². The van der Waals surface area contributed by atoms with Crippen molar-refractivity contribution in [3.05, 3.63) is 29.8 Å². The van der Waals surface area contributed by atoms with E-state index in [0.29, 0.717) is 0 Å². The molecule has 2 unspecified atom stereocenters. The van der Waals surface area contributed by atoms with Crippen LogP contribution in [0.25, 0.3) is 0 Å². The number of benzene rings is 1. The maximum atomic E-state index is 10.6. The Bertz CT molecular complexity index is 458. The molecule has 0 spiro atoms. The van der Waals surface area contributed by atoms with Crippen LogP contribution in [0.1, 0.15) is 32.4 Å². The molecule has 1 saturated heterocycles. The molecule has 1 N–H and O–H groups in total. The van der Waals surface area contributed by atoms with Gasteiger partial charge in [-0.05, 0) is 45.5 Å². The first-order chi connectivity index (χ1) is 9.85. The Labute approximate surface area is 128 Å². The highest BCUT2D eigenvalue weighted by atomic mass is 16.5. The molecule has 2 rings (SSSR count). The van der Waals surface area contributed by atoms with Crippen molar-refractivity contribution in [2.45, 2.75) is 38.5 Å². The van der Waals surface area contributed by atoms with Gasteiger partial charge in [-0.15, -0.1) is 0 Å². The molecule has 0 radical (unpaired) electrons. The van der Waals surface area contributed by atoms with Crippen molar-refractivity contribution in [1.82, 2.24) is 9.80 Å². The fourth-order valence-electron chi connectivity index (χ4n) is 2.90. The zero-order chi connectivity index (χ0) is 15.6. The molecule has 0 amide bonds. The van der Waals surface area contributed by atoms with Gasteiger partial charge < -0.3 is 9.84 Å². The van der Waals surface area contributed by atoms with E-state index in [0.717, 1.165) is 30.9 Å². The molecule has 2 atom stereocenters. The Morgan fingerprint density at radius 3 is 2.33 bits per heavy atom. The van der Waals surface area contributed by atoms with Gasteiger partial charge >= 0.3 is 0 Å². The van der Waals surface area contributed by atoms with Crippen molar-refractivity contribution >= 4 is 0 Å². The zero-order valence-electron chi connectivity index (χ0n) is 13.8. The fraction of sp³-hybridized carbons (Fsp3) is 0.647. The number of nitrogens with zero attached hydrogens (tertiary/aromatic N) is 2. The predicted octanol–water partition coefficient (Wildman–Crippen LogP) is 2.14. The first kappa shape index (κ1) is 16.3. The van der Waals surface area contributed by atoms with Crippen LogP contribution in [-0.2, 0) is 0 Å². The Morgan fingerprint density at radius 1 is 1.19 bits per heavy atom. The topological polar surface area (TPSA) is 35.9 Å². The van der Waals surface area contributed by atoms with E-state index in [1.165, 1.54) is 0 Å². The van der Waals surface area contributed by atoms with Crippen molar-refractivity contribution in [3.8, 4) is 5.75 Å². The fourth-order valence-corrected chi connectivity index (χ4v) is 2.90. The molecule has 1 aliphatic rings. The van der Waals surface area contributed by atoms with E-state index in [9.17, 15) is 5.11 Å². The predicted molar refractivity (Wildman–Crippen MR) is 85.7 cm³/mol. The van der Waals surface area contributed by atoms with E-state index in [1.807, 2.05) is 24.3 Å². The Balaban J connectivity index is 2.06. The molecule has 1 aliphatic heterocycles. The highest BCUT2D eigenvalue weighted by Gasteiger charge is 2.35. The van der Waals surface area contributed by atoms with Crippen LogP contribution < -0.4 is 4.74 Å². The smallest absolute Gasteiger partial charge is 0.118 e. The minimum absolute atomic E-state index is 0.103. The Hall–Kier alpha value is -1.10. The van der Waals surface area contributed by atoms with E-state index in [2.05, 4.69) is 37.6 Å². The molecular formula is C17H28N2O2. The van der Waals surface area contributed by atoms with Gasteiger partial charge in [-0.2, -0.15) is 0 Å². The van der Waals surface area contributed by atoms with E-state index >= 15 is 0 Å². The third-order valence-corrected chi connectivity index (χ3v) is 4.84. The molecule has 118 valence electrons. The molecule has 1 aromatic carbocycles. The van der Waals surface area contributed by atoms with Gasteiger partial charge in [-0.25, -0.2) is 0 Å². The number of rotatable bonds is 4. The molecule has 0 aliphatic carbocycles. The SMILES string of the molecule is COc1ccc(C(O)C(C)N2CCN(C)C(C)(C)C2)cc1. The lowest BCUT2D eigenvalue weighted by Crippen LogP contribution is -2.60. The average Bonchev–Trinajstić information content (AvgIpc) is 2.48. The minimum atomic E-state index is -0.477. The van der Waals surface area contributed by atoms with Gasteiger partial charge in [0, 0.05) is 31.2 Å². The molecule has 1 aromatic rings. The van der Waals surface area contributed by atoms with Gasteiger partial charge in [0.25, 0.3) is 0 Å². The minimum Gasteiger partial charge on any atom is -0.497 e. The standard InChI is InChI=1S/C17H28N2O2/c1-13(19-11-10-18(4)17(2,3)12-19)16(20)14-6-8-15(21-5)9-7-14/h6-9,13,16,20H,10-12H2,1-5H3. The average molecular weight is 292 g/mol. The number of ether oxygens (including phenoxy) is 1. The summed E-state index contributed by atoms with van der Waals surface area (Å²) in [6.45, 7) is 9.62. The van der Waals surface area contributed by atoms with Crippen molar-refractivity contribution in [1.29, 1.82) is 0 Å². The second kappa shape index (κ2) is 6.34. The van der Waals surface area contributed by atoms with Crippen LogP contribution in [0.3, 0.4) is 0 Å². The van der Waals surface area contributed by atoms with Crippen molar-refractivity contribution in [2.24, 2.45) is 0 Å². The van der Waals surface area contributed by atoms with Crippen LogP contribution in [0.2, 0.25) is 0 Å². The van der Waals surface area contributed by atoms with Crippen molar-refractivity contribution in [2.75, 3.05) is 33.8 Å². The lowest BCUT2D eigenvalue weighted by molar-refractivity contribution is -0.0184. The monoisotopic (exact) mass is 292 g/mol. The second-order valence-electron chi connectivity index (χ2n) is 6.66. The third-order valence-electron chi connectivity index (χ3n) is 4.84. The molecule has 4 nitrogen and oxygen atoms in total. The normalized spacial score (nSPS) is 22.8. The lowest BCUT2D eigenvalue weighted by atomic mass is 9.95. The van der Waals surface area contributed by atoms with E-state index < -0.39 is 6.10 Å². The summed E-state index contributed by atoms with van der Waals surface area (Å²) < 4.78 is 5.17. The number of hydrogen-bond acceptors (Lipinski definition) is 4. The first-order valence-corrected chi connectivity index (χ1v) is 7.62. The van der Waals surface area contributed by atoms with Gasteiger partial charge in [-0.3, -0.25) is 9.80 Å². The Morgan fingerprint density at radius 2 is 1.81 bits per heavy atom. The summed E-state index contributed by atoms with van der Waals surface area (Å²) in [7, 11) is 3.82. The van der Waals surface area contributed by atoms with E-state index in [-0.39, 0.29) is 11.6 Å². The maximum absolute atomic E-state index is 10.6. The van der Waals surface area contributed by atoms with Crippen LogP contribution in [0.15, 0.2) is 24.3 Å². The number of aliphatic hydroxyl groups is 1. The Kier molecular flexibility index (Phi) is 4.91. The summed E-state index contributed by atoms with van der Waals surface area (Å²) in [5.74, 6) is 0.819. The van der Waals surface area contributed by atoms with E-state index in [1.54, 1.807) is 7.11 Å². The number of methoxy groups -OCH3 is 1. The van der Waals surface area contributed by atoms with Crippen LogP contribution in [0.4, 0.5) is 0 Å². The summed E-state index contributed by atoms with van der Waals surface area (Å²) in [6, 6.07) is 7.80. The zero-order valence-corrected chi connectivity index (χ0v) is 13.8. The quantitative estimate of drug-likeness (QED) is 0.922. The van der Waals surface area contributed by atoms with Crippen LogP contribution >= 0.6 is 0 Å². The molecule has 4 heteroatoms. The number of aliphatic hydroxyl groups excluding tert-OH is 1. The third kappa shape index (κ3) is 3.57. The molecule has 0 aromatic heterocycles. The van der Waals surface area contributed by atoms with Gasteiger partial charge in [0.15, 0.2) is 0 Å². The van der Waals surface area contributed by atoms with E-state index in [4.69, 9.17) is 4.74 Å². The van der Waals surface area contributed by atoms with Crippen LogP contribution in [0.5, 0.6) is 5.75 Å². The summed E-state index contributed by atoms with van der Waals surface area (Å²) in [6.07, 6.45) is -0.477. The lowest BCUT2D eigenvalue weighted by Gasteiger charge is -2.48.